The quantitative estimate of drug-likeness (QED) is 0.560. The van der Waals surface area contributed by atoms with E-state index in [4.69, 9.17) is 15.0 Å². The first-order valence-electron chi connectivity index (χ1n) is 8.85. The fourth-order valence-corrected chi connectivity index (χ4v) is 2.59. The van der Waals surface area contributed by atoms with Gasteiger partial charge in [-0.2, -0.15) is 0 Å². The Kier molecular flexibility index (Phi) is 5.26. The van der Waals surface area contributed by atoms with Gasteiger partial charge in [-0.1, -0.05) is 44.1 Å². The van der Waals surface area contributed by atoms with Gasteiger partial charge in [-0.05, 0) is 35.4 Å². The van der Waals surface area contributed by atoms with E-state index in [9.17, 15) is 4.79 Å². The molecule has 3 aromatic rings. The van der Waals surface area contributed by atoms with Crippen LogP contribution >= 0.6 is 0 Å². The third kappa shape index (κ3) is 4.43. The lowest BCUT2D eigenvalue weighted by Crippen LogP contribution is -2.20. The molecular weight excluding hydrogens is 356 g/mol. The van der Waals surface area contributed by atoms with E-state index in [2.05, 4.69) is 15.8 Å². The topological polar surface area (TPSA) is 102 Å². The third-order valence-electron chi connectivity index (χ3n) is 4.24. The summed E-state index contributed by atoms with van der Waals surface area (Å²) in [5.41, 5.74) is 9.61. The fourth-order valence-electron chi connectivity index (χ4n) is 2.59. The zero-order valence-corrected chi connectivity index (χ0v) is 16.4. The predicted octanol–water partition coefficient (Wildman–Crippen LogP) is 4.87. The second-order valence-corrected chi connectivity index (χ2v) is 7.44. The molecule has 28 heavy (non-hydrogen) atoms. The molecule has 0 spiro atoms. The Labute approximate surface area is 163 Å². The molecule has 0 radical (unpaired) electrons. The van der Waals surface area contributed by atoms with Crippen LogP contribution in [0.15, 0.2) is 53.1 Å². The van der Waals surface area contributed by atoms with Crippen molar-refractivity contribution in [2.24, 2.45) is 0 Å². The molecule has 4 N–H and O–H groups in total. The van der Waals surface area contributed by atoms with Crippen molar-refractivity contribution < 1.29 is 14.1 Å². The van der Waals surface area contributed by atoms with Crippen LogP contribution in [0.25, 0.3) is 11.1 Å². The highest BCUT2D eigenvalue weighted by Gasteiger charge is 2.19. The number of carbonyl (C=O) groups is 1. The lowest BCUT2D eigenvalue weighted by atomic mass is 9.92. The van der Waals surface area contributed by atoms with Crippen LogP contribution in [0.4, 0.5) is 22.1 Å². The van der Waals surface area contributed by atoms with E-state index in [0.29, 0.717) is 11.4 Å². The van der Waals surface area contributed by atoms with Gasteiger partial charge in [0.1, 0.15) is 5.75 Å². The van der Waals surface area contributed by atoms with Crippen molar-refractivity contribution >= 4 is 23.3 Å². The largest absolute Gasteiger partial charge is 0.497 e. The van der Waals surface area contributed by atoms with Crippen LogP contribution in [0.1, 0.15) is 26.5 Å². The maximum absolute atomic E-state index is 12.2. The molecule has 7 nitrogen and oxygen atoms in total. The highest BCUT2D eigenvalue weighted by Crippen LogP contribution is 2.29. The zero-order chi connectivity index (χ0) is 20.3. The average molecular weight is 380 g/mol. The van der Waals surface area contributed by atoms with Crippen LogP contribution in [0, 0.1) is 0 Å². The second-order valence-electron chi connectivity index (χ2n) is 7.44. The molecule has 0 aliphatic heterocycles. The molecule has 0 fully saturated rings. The van der Waals surface area contributed by atoms with Crippen LogP contribution in [0.5, 0.6) is 5.75 Å². The van der Waals surface area contributed by atoms with Crippen molar-refractivity contribution in [2.75, 3.05) is 23.5 Å². The van der Waals surface area contributed by atoms with Gasteiger partial charge in [-0.3, -0.25) is 5.32 Å². The molecule has 0 saturated heterocycles. The second kappa shape index (κ2) is 7.64. The molecule has 0 unspecified atom stereocenters. The van der Waals surface area contributed by atoms with Crippen molar-refractivity contribution in [3.8, 4) is 16.9 Å². The minimum absolute atomic E-state index is 0.165. The highest BCUT2D eigenvalue weighted by molar-refractivity contribution is 6.01. The number of hydrogen-bond acceptors (Lipinski definition) is 5. The Hall–Kier alpha value is -3.48. The Balaban J connectivity index is 1.68. The molecule has 3 rings (SSSR count). The molecule has 0 aliphatic rings. The van der Waals surface area contributed by atoms with Crippen LogP contribution in [0.2, 0.25) is 0 Å². The molecule has 0 atom stereocenters. The molecule has 2 aromatic carbocycles. The van der Waals surface area contributed by atoms with E-state index in [0.717, 1.165) is 22.6 Å². The van der Waals surface area contributed by atoms with Gasteiger partial charge in [0.05, 0.1) is 24.2 Å². The number of nitrogens with zero attached hydrogens (tertiary/aromatic N) is 1. The summed E-state index contributed by atoms with van der Waals surface area (Å²) in [5.74, 6) is 1.06. The molecule has 146 valence electrons. The first-order chi connectivity index (χ1) is 13.3. The van der Waals surface area contributed by atoms with Crippen LogP contribution in [-0.2, 0) is 5.41 Å². The standard InChI is InChI=1S/C21H24N4O3/c1-21(2,3)18-12-19(28-25-18)24-20(26)23-17-10-7-14(11-16(17)22)13-5-8-15(27-4)9-6-13/h5-12H,22H2,1-4H3,(H2,23,24,26). The van der Waals surface area contributed by atoms with Crippen LogP contribution < -0.4 is 21.1 Å². The number of anilines is 3. The number of rotatable bonds is 4. The normalized spacial score (nSPS) is 11.1. The predicted molar refractivity (Wildman–Crippen MR) is 111 cm³/mol. The van der Waals surface area contributed by atoms with Gasteiger partial charge in [-0.25, -0.2) is 4.79 Å². The summed E-state index contributed by atoms with van der Waals surface area (Å²) in [6.45, 7) is 6.04. The van der Waals surface area contributed by atoms with Gasteiger partial charge in [0, 0.05) is 11.5 Å². The number of methoxy groups -OCH3 is 1. The summed E-state index contributed by atoms with van der Waals surface area (Å²) in [7, 11) is 1.63. The van der Waals surface area contributed by atoms with Crippen LogP contribution in [0.3, 0.4) is 0 Å². The Bertz CT molecular complexity index is 972. The number of hydrogen-bond donors (Lipinski definition) is 3. The van der Waals surface area contributed by atoms with E-state index in [1.54, 1.807) is 19.2 Å². The first-order valence-corrected chi connectivity index (χ1v) is 8.85. The Morgan fingerprint density at radius 3 is 2.29 bits per heavy atom. The SMILES string of the molecule is COc1ccc(-c2ccc(NC(=O)Nc3cc(C(C)(C)C)no3)c(N)c2)cc1. The number of benzene rings is 2. The fraction of sp³-hybridized carbons (Fsp3) is 0.238. The number of nitrogens with two attached hydrogens (primary N) is 1. The summed E-state index contributed by atoms with van der Waals surface area (Å²) in [6.07, 6.45) is 0. The lowest BCUT2D eigenvalue weighted by Gasteiger charge is -2.12. The summed E-state index contributed by atoms with van der Waals surface area (Å²) in [5, 5.41) is 9.31. The number of amides is 2. The highest BCUT2D eigenvalue weighted by atomic mass is 16.5. The molecule has 1 heterocycles. The van der Waals surface area contributed by atoms with Gasteiger partial charge < -0.3 is 20.3 Å². The molecule has 0 aliphatic carbocycles. The minimum Gasteiger partial charge on any atom is -0.497 e. The number of carbonyl (C=O) groups excluding carboxylic acids is 1. The minimum atomic E-state index is -0.458. The van der Waals surface area contributed by atoms with E-state index >= 15 is 0 Å². The molecule has 7 heteroatoms. The van der Waals surface area contributed by atoms with Gasteiger partial charge in [-0.15, -0.1) is 0 Å². The van der Waals surface area contributed by atoms with Crippen LogP contribution in [-0.4, -0.2) is 18.3 Å². The molecule has 2 amide bonds. The number of ether oxygens (including phenoxy) is 1. The molecule has 1 aromatic heterocycles. The number of urea groups is 1. The average Bonchev–Trinajstić information content (AvgIpc) is 3.12. The van der Waals surface area contributed by atoms with Crippen molar-refractivity contribution in [2.45, 2.75) is 26.2 Å². The van der Waals surface area contributed by atoms with Gasteiger partial charge in [0.25, 0.3) is 0 Å². The summed E-state index contributed by atoms with van der Waals surface area (Å²) >= 11 is 0. The maximum Gasteiger partial charge on any atom is 0.326 e. The molecular formula is C21H24N4O3. The monoisotopic (exact) mass is 380 g/mol. The summed E-state index contributed by atoms with van der Waals surface area (Å²) in [6, 6.07) is 14.4. The number of aromatic nitrogens is 1. The van der Waals surface area contributed by atoms with Gasteiger partial charge in [0.15, 0.2) is 0 Å². The van der Waals surface area contributed by atoms with Crippen molar-refractivity contribution in [3.63, 3.8) is 0 Å². The third-order valence-corrected chi connectivity index (χ3v) is 4.24. The first kappa shape index (κ1) is 19.3. The lowest BCUT2D eigenvalue weighted by molar-refractivity contribution is 0.261. The Morgan fingerprint density at radius 1 is 1.04 bits per heavy atom. The van der Waals surface area contributed by atoms with E-state index in [1.165, 1.54) is 0 Å². The zero-order valence-electron chi connectivity index (χ0n) is 16.4. The summed E-state index contributed by atoms with van der Waals surface area (Å²) in [4.78, 5) is 12.2. The van der Waals surface area contributed by atoms with Crippen molar-refractivity contribution in [3.05, 3.63) is 54.2 Å². The van der Waals surface area contributed by atoms with E-state index < -0.39 is 6.03 Å². The Morgan fingerprint density at radius 2 is 1.71 bits per heavy atom. The molecule has 0 bridgehead atoms. The maximum atomic E-state index is 12.2. The van der Waals surface area contributed by atoms with Gasteiger partial charge >= 0.3 is 6.03 Å². The van der Waals surface area contributed by atoms with Gasteiger partial charge in [0.2, 0.25) is 5.88 Å². The smallest absolute Gasteiger partial charge is 0.326 e. The molecule has 0 saturated carbocycles. The summed E-state index contributed by atoms with van der Waals surface area (Å²) < 4.78 is 10.3. The van der Waals surface area contributed by atoms with Crippen molar-refractivity contribution in [1.82, 2.24) is 5.16 Å². The van der Waals surface area contributed by atoms with Crippen molar-refractivity contribution in [1.29, 1.82) is 0 Å². The number of nitrogens with one attached hydrogen (secondary N) is 2. The van der Waals surface area contributed by atoms with E-state index in [1.807, 2.05) is 57.2 Å². The number of nitrogen functional groups attached to an aromatic ring is 1. The van der Waals surface area contributed by atoms with E-state index in [-0.39, 0.29) is 11.3 Å².